The van der Waals surface area contributed by atoms with Gasteiger partial charge >= 0.3 is 11.9 Å². The lowest BCUT2D eigenvalue weighted by Gasteiger charge is -2.35. The molecule has 10 heteroatoms. The van der Waals surface area contributed by atoms with Gasteiger partial charge in [0.15, 0.2) is 0 Å². The number of cyclic esters (lactones) is 1. The first-order chi connectivity index (χ1) is 24.7. The number of fused-ring (bicyclic) bond motifs is 7. The third-order valence-corrected chi connectivity index (χ3v) is 10.1. The van der Waals surface area contributed by atoms with Crippen LogP contribution in [0.15, 0.2) is 77.6 Å². The topological polar surface area (TPSA) is 128 Å². The van der Waals surface area contributed by atoms with Crippen molar-refractivity contribution in [3.8, 4) is 29.0 Å². The van der Waals surface area contributed by atoms with Gasteiger partial charge in [-0.1, -0.05) is 56.0 Å². The summed E-state index contributed by atoms with van der Waals surface area (Å²) in [6, 6.07) is 21.7. The fourth-order valence-electron chi connectivity index (χ4n) is 7.51. The number of phenols is 1. The Hall–Kier alpha value is -6.21. The number of ether oxygens (including phenoxy) is 2. The Labute approximate surface area is 293 Å². The second kappa shape index (κ2) is 12.3. The number of para-hydroxylation sites is 1. The number of aromatic nitrogens is 2. The minimum atomic E-state index is -1.89. The molecule has 0 saturated heterocycles. The van der Waals surface area contributed by atoms with Gasteiger partial charge in [0.2, 0.25) is 11.5 Å². The van der Waals surface area contributed by atoms with Crippen molar-refractivity contribution >= 4 is 34.4 Å². The molecule has 2 aromatic heterocycles. The van der Waals surface area contributed by atoms with E-state index in [0.717, 1.165) is 27.6 Å². The molecule has 254 valence electrons. The number of anilines is 1. The Kier molecular flexibility index (Phi) is 7.71. The van der Waals surface area contributed by atoms with E-state index in [1.54, 1.807) is 40.7 Å². The molecule has 51 heavy (non-hydrogen) atoms. The molecule has 0 bridgehead atoms. The molecular weight excluding hydrogens is 646 g/mol. The zero-order valence-corrected chi connectivity index (χ0v) is 28.1. The van der Waals surface area contributed by atoms with Crippen LogP contribution in [0.5, 0.6) is 5.75 Å². The van der Waals surface area contributed by atoms with E-state index in [9.17, 15) is 24.3 Å². The maximum atomic E-state index is 14.1. The zero-order valence-electron chi connectivity index (χ0n) is 28.1. The highest BCUT2D eigenvalue weighted by Gasteiger charge is 2.50. The lowest BCUT2D eigenvalue weighted by molar-refractivity contribution is -0.189. The number of esters is 2. The van der Waals surface area contributed by atoms with Crippen LogP contribution in [-0.4, -0.2) is 32.5 Å². The number of pyridine rings is 2. The summed E-state index contributed by atoms with van der Waals surface area (Å²) in [6.45, 7) is 3.98. The van der Waals surface area contributed by atoms with Gasteiger partial charge in [0.1, 0.15) is 12.4 Å². The number of aromatic hydroxyl groups is 1. The van der Waals surface area contributed by atoms with Gasteiger partial charge in [0.25, 0.3) is 5.56 Å². The number of hydrogen-bond acceptors (Lipinski definition) is 8. The van der Waals surface area contributed by atoms with Crippen LogP contribution in [0.4, 0.5) is 5.69 Å². The van der Waals surface area contributed by atoms with E-state index in [1.165, 1.54) is 0 Å². The van der Waals surface area contributed by atoms with E-state index in [-0.39, 0.29) is 67.3 Å². The van der Waals surface area contributed by atoms with Crippen molar-refractivity contribution in [2.24, 2.45) is 0 Å². The number of carbonyl (C=O) groups excluding carboxylic acids is 3. The van der Waals surface area contributed by atoms with E-state index in [4.69, 9.17) is 14.5 Å². The highest BCUT2D eigenvalue weighted by Crippen LogP contribution is 2.42. The van der Waals surface area contributed by atoms with E-state index < -0.39 is 17.5 Å². The summed E-state index contributed by atoms with van der Waals surface area (Å²) in [4.78, 5) is 61.6. The highest BCUT2D eigenvalue weighted by molar-refractivity contribution is 5.97. The normalized spacial score (nSPS) is 16.7. The molecule has 0 radical (unpaired) electrons. The summed E-state index contributed by atoms with van der Waals surface area (Å²) in [5.74, 6) is 4.64. The first-order valence-corrected chi connectivity index (χ1v) is 17.0. The summed E-state index contributed by atoms with van der Waals surface area (Å²) in [6.07, 6.45) is 0.167. The van der Waals surface area contributed by atoms with Crippen molar-refractivity contribution in [3.05, 3.63) is 122 Å². The first-order valence-electron chi connectivity index (χ1n) is 17.0. The lowest BCUT2D eigenvalue weighted by Crippen LogP contribution is -2.47. The Morgan fingerprint density at radius 2 is 1.71 bits per heavy atom. The molecule has 5 aromatic rings. The number of benzene rings is 3. The number of amides is 1. The fraction of sp³-hybridized carbons (Fsp3) is 0.244. The number of nitrogens with zero attached hydrogens (tertiary/aromatic N) is 3. The zero-order chi connectivity index (χ0) is 35.4. The van der Waals surface area contributed by atoms with E-state index in [0.29, 0.717) is 34.6 Å². The SMILES string of the molecule is CCc1c2c(nc3ccc(O)cc13)-c1cc3c(c(=O)n1C2)COC(=O)[C@@]3(CC)OC(=O)CCC(=O)N1Cc2ccccc2C#Cc2ccccc21. The summed E-state index contributed by atoms with van der Waals surface area (Å²) in [5.41, 5.74) is 4.91. The first kappa shape index (κ1) is 32.0. The molecule has 1 amide bonds. The predicted octanol–water partition coefficient (Wildman–Crippen LogP) is 5.63. The number of aryl methyl sites for hydroxylation is 1. The molecule has 5 heterocycles. The number of phenolic OH excluding ortho intramolecular Hbond substituents is 1. The molecule has 10 nitrogen and oxygen atoms in total. The van der Waals surface area contributed by atoms with Gasteiger partial charge in [-0.2, -0.15) is 0 Å². The van der Waals surface area contributed by atoms with Crippen molar-refractivity contribution in [3.63, 3.8) is 0 Å². The third-order valence-electron chi connectivity index (χ3n) is 10.1. The maximum Gasteiger partial charge on any atom is 0.355 e. The van der Waals surface area contributed by atoms with Gasteiger partial charge < -0.3 is 24.0 Å². The molecule has 3 aromatic carbocycles. The Balaban J connectivity index is 1.11. The van der Waals surface area contributed by atoms with Crippen LogP contribution in [0.25, 0.3) is 22.3 Å². The smallest absolute Gasteiger partial charge is 0.355 e. The van der Waals surface area contributed by atoms with Crippen LogP contribution < -0.4 is 10.5 Å². The van der Waals surface area contributed by atoms with Crippen LogP contribution in [0.1, 0.15) is 72.1 Å². The molecule has 0 unspecified atom stereocenters. The van der Waals surface area contributed by atoms with Gasteiger partial charge in [0.05, 0.1) is 47.7 Å². The molecule has 8 rings (SSSR count). The molecule has 3 aliphatic heterocycles. The van der Waals surface area contributed by atoms with Crippen LogP contribution in [-0.2, 0) is 55.6 Å². The molecule has 3 aliphatic rings. The fourth-order valence-corrected chi connectivity index (χ4v) is 7.51. The molecule has 1 atom stereocenters. The molecule has 0 saturated carbocycles. The van der Waals surface area contributed by atoms with Gasteiger partial charge in [-0.3, -0.25) is 14.4 Å². The minimum Gasteiger partial charge on any atom is -0.508 e. The largest absolute Gasteiger partial charge is 0.508 e. The van der Waals surface area contributed by atoms with E-state index >= 15 is 0 Å². The number of hydrogen-bond donors (Lipinski definition) is 1. The summed E-state index contributed by atoms with van der Waals surface area (Å²) < 4.78 is 13.1. The van der Waals surface area contributed by atoms with Crippen molar-refractivity contribution in [1.29, 1.82) is 0 Å². The summed E-state index contributed by atoms with van der Waals surface area (Å²) in [5, 5.41) is 11.0. The van der Waals surface area contributed by atoms with Crippen LogP contribution in [0, 0.1) is 11.8 Å². The van der Waals surface area contributed by atoms with Gasteiger partial charge in [-0.15, -0.1) is 0 Å². The quantitative estimate of drug-likeness (QED) is 0.177. The van der Waals surface area contributed by atoms with E-state index in [2.05, 4.69) is 11.8 Å². The standard InChI is InChI=1S/C41H33N3O7/c1-3-28-29-19-27(45)15-16-33(29)42-38-30(28)22-44-35(38)20-32-31(39(44)48)23-50-40(49)41(32,4-2)51-37(47)18-17-36(46)43-21-26-11-6-5-9-24(26)13-14-25-10-7-8-12-34(25)43/h5-12,15-16,19-20,45H,3-4,17-18,21-23H2,1-2H3/t41-/m0/s1. The second-order valence-electron chi connectivity index (χ2n) is 12.9. The van der Waals surface area contributed by atoms with Crippen molar-refractivity contribution in [2.45, 2.75) is 64.8 Å². The summed E-state index contributed by atoms with van der Waals surface area (Å²) in [7, 11) is 0. The molecule has 0 aliphatic carbocycles. The van der Waals surface area contributed by atoms with Crippen LogP contribution in [0.2, 0.25) is 0 Å². The van der Waals surface area contributed by atoms with Gasteiger partial charge in [-0.05, 0) is 66.4 Å². The molecule has 0 fully saturated rings. The third kappa shape index (κ3) is 5.16. The Morgan fingerprint density at radius 1 is 0.941 bits per heavy atom. The number of carbonyl (C=O) groups is 3. The Morgan fingerprint density at radius 3 is 2.51 bits per heavy atom. The summed E-state index contributed by atoms with van der Waals surface area (Å²) >= 11 is 0. The number of rotatable bonds is 6. The van der Waals surface area contributed by atoms with Gasteiger partial charge in [0, 0.05) is 34.1 Å². The van der Waals surface area contributed by atoms with Crippen molar-refractivity contribution < 1.29 is 29.0 Å². The highest BCUT2D eigenvalue weighted by atomic mass is 16.6. The molecular formula is C41H33N3O7. The minimum absolute atomic E-state index is 0.00780. The lowest BCUT2D eigenvalue weighted by atomic mass is 9.85. The van der Waals surface area contributed by atoms with Crippen molar-refractivity contribution in [2.75, 3.05) is 4.90 Å². The van der Waals surface area contributed by atoms with Crippen LogP contribution >= 0.6 is 0 Å². The average Bonchev–Trinajstić information content (AvgIpc) is 3.50. The average molecular weight is 680 g/mol. The van der Waals surface area contributed by atoms with E-state index in [1.807, 2.05) is 55.5 Å². The van der Waals surface area contributed by atoms with Crippen molar-refractivity contribution in [1.82, 2.24) is 9.55 Å². The molecule has 0 spiro atoms. The Bertz CT molecular complexity index is 2450. The van der Waals surface area contributed by atoms with Gasteiger partial charge in [-0.25, -0.2) is 9.78 Å². The predicted molar refractivity (Wildman–Crippen MR) is 189 cm³/mol. The van der Waals surface area contributed by atoms with Crippen LogP contribution in [0.3, 0.4) is 0 Å². The molecule has 1 N–H and O–H groups in total. The monoisotopic (exact) mass is 679 g/mol. The second-order valence-corrected chi connectivity index (χ2v) is 12.9. The maximum absolute atomic E-state index is 14.1.